The van der Waals surface area contributed by atoms with Crippen LogP contribution in [0.25, 0.3) is 0 Å². The van der Waals surface area contributed by atoms with E-state index in [4.69, 9.17) is 0 Å². The maximum Gasteiger partial charge on any atom is 0.156 e. The quantitative estimate of drug-likeness (QED) is 0.629. The van der Waals surface area contributed by atoms with Gasteiger partial charge in [0, 0.05) is 10.6 Å². The maximum atomic E-state index is 13.4. The average Bonchev–Trinajstić information content (AvgIpc) is 2.48. The second-order valence-corrected chi connectivity index (χ2v) is 10.6. The summed E-state index contributed by atoms with van der Waals surface area (Å²) in [5, 5.41) is 1.53. The van der Waals surface area contributed by atoms with Crippen molar-refractivity contribution >= 4 is 38.4 Å². The second kappa shape index (κ2) is 6.56. The van der Waals surface area contributed by atoms with E-state index < -0.39 is 17.0 Å². The van der Waals surface area contributed by atoms with E-state index in [0.717, 1.165) is 10.6 Å². The van der Waals surface area contributed by atoms with Crippen molar-refractivity contribution in [2.45, 2.75) is 0 Å². The minimum Gasteiger partial charge on any atom is -0.313 e. The van der Waals surface area contributed by atoms with Gasteiger partial charge < -0.3 is 4.57 Å². The lowest BCUT2D eigenvalue weighted by molar-refractivity contribution is 0.589. The average molecular weight is 310 g/mol. The number of benzene rings is 2. The highest BCUT2D eigenvalue weighted by atomic mass is 33.1. The van der Waals surface area contributed by atoms with Gasteiger partial charge in [-0.2, -0.15) is 0 Å². The van der Waals surface area contributed by atoms with Crippen molar-refractivity contribution < 1.29 is 8.77 Å². The predicted octanol–water partition coefficient (Wildman–Crippen LogP) is 2.98. The van der Waals surface area contributed by atoms with Crippen molar-refractivity contribution in [2.24, 2.45) is 0 Å². The number of hydrogen-bond donors (Lipinski definition) is 0. The molecule has 0 aliphatic heterocycles. The highest BCUT2D eigenvalue weighted by Crippen LogP contribution is 2.44. The molecule has 0 saturated heterocycles. The Labute approximate surface area is 119 Å². The summed E-state index contributed by atoms with van der Waals surface area (Å²) in [5.74, 6) is 0. The molecule has 0 N–H and O–H groups in total. The predicted molar refractivity (Wildman–Crippen MR) is 86.3 cm³/mol. The van der Waals surface area contributed by atoms with E-state index >= 15 is 0 Å². The van der Waals surface area contributed by atoms with Gasteiger partial charge in [-0.15, -0.1) is 0 Å². The van der Waals surface area contributed by atoms with E-state index in [-0.39, 0.29) is 5.49 Å². The molecule has 2 nitrogen and oxygen atoms in total. The molecule has 19 heavy (non-hydrogen) atoms. The van der Waals surface area contributed by atoms with Crippen molar-refractivity contribution in [3.63, 3.8) is 0 Å². The van der Waals surface area contributed by atoms with E-state index in [1.807, 2.05) is 60.7 Å². The topological polar surface area (TPSA) is 34.1 Å². The number of hydrogen-bond acceptors (Lipinski definition) is 3. The molecule has 0 saturated carbocycles. The van der Waals surface area contributed by atoms with Crippen LogP contribution in [0.3, 0.4) is 0 Å². The minimum absolute atomic E-state index is 0.183. The first-order valence-corrected chi connectivity index (χ1v) is 10.8. The van der Waals surface area contributed by atoms with Crippen molar-refractivity contribution in [2.75, 3.05) is 11.7 Å². The smallest absolute Gasteiger partial charge is 0.156 e. The van der Waals surface area contributed by atoms with Gasteiger partial charge >= 0.3 is 0 Å². The van der Waals surface area contributed by atoms with Crippen LogP contribution in [-0.4, -0.2) is 16.0 Å². The molecule has 0 fully saturated rings. The first-order chi connectivity index (χ1) is 9.16. The van der Waals surface area contributed by atoms with Gasteiger partial charge in [-0.3, -0.25) is 0 Å². The Morgan fingerprint density at radius 1 is 0.947 bits per heavy atom. The van der Waals surface area contributed by atoms with Gasteiger partial charge in [0.25, 0.3) is 0 Å². The summed E-state index contributed by atoms with van der Waals surface area (Å²) in [6, 6.07) is 18.7. The zero-order valence-electron chi connectivity index (χ0n) is 10.6. The largest absolute Gasteiger partial charge is 0.313 e. The second-order valence-electron chi connectivity index (χ2n) is 4.01. The van der Waals surface area contributed by atoms with Crippen molar-refractivity contribution in [3.05, 3.63) is 60.7 Å². The van der Waals surface area contributed by atoms with Gasteiger partial charge in [0.05, 0.1) is 15.3 Å². The van der Waals surface area contributed by atoms with E-state index in [2.05, 4.69) is 0 Å². The van der Waals surface area contributed by atoms with Crippen LogP contribution in [0.4, 0.5) is 0 Å². The molecule has 2 aromatic rings. The van der Waals surface area contributed by atoms with Crippen LogP contribution in [-0.2, 0) is 14.4 Å². The van der Waals surface area contributed by atoms with Crippen LogP contribution in [0.15, 0.2) is 60.7 Å². The maximum absolute atomic E-state index is 13.4. The van der Waals surface area contributed by atoms with Gasteiger partial charge in [0.15, 0.2) is 7.14 Å². The SMILES string of the molecule is CSS(=O)CP(=O)(c1ccccc1)c1ccccc1. The fourth-order valence-electron chi connectivity index (χ4n) is 1.84. The Hall–Kier alpha value is -0.830. The van der Waals surface area contributed by atoms with Crippen LogP contribution in [0, 0.1) is 0 Å². The van der Waals surface area contributed by atoms with Crippen LogP contribution in [0.1, 0.15) is 0 Å². The molecule has 0 aliphatic carbocycles. The fourth-order valence-corrected chi connectivity index (χ4v) is 8.53. The summed E-state index contributed by atoms with van der Waals surface area (Å²) in [4.78, 5) is 0. The molecule has 0 amide bonds. The molecule has 0 heterocycles. The Bertz CT molecular complexity index is 556. The fraction of sp³-hybridized carbons (Fsp3) is 0.143. The molecular formula is C14H15O2PS2. The lowest BCUT2D eigenvalue weighted by Gasteiger charge is -2.18. The first-order valence-electron chi connectivity index (χ1n) is 5.80. The molecule has 0 aromatic heterocycles. The summed E-state index contributed by atoms with van der Waals surface area (Å²) in [7, 11) is -2.72. The van der Waals surface area contributed by atoms with Crippen molar-refractivity contribution in [3.8, 4) is 0 Å². The Kier molecular flexibility index (Phi) is 5.03. The van der Waals surface area contributed by atoms with Gasteiger partial charge in [-0.25, -0.2) is 4.21 Å². The van der Waals surface area contributed by atoms with Gasteiger partial charge in [-0.1, -0.05) is 71.5 Å². The molecule has 100 valence electrons. The molecule has 0 bridgehead atoms. The summed E-state index contributed by atoms with van der Waals surface area (Å²) < 4.78 is 25.3. The Morgan fingerprint density at radius 2 is 1.37 bits per heavy atom. The zero-order chi connectivity index (χ0) is 13.7. The van der Waals surface area contributed by atoms with E-state index in [1.54, 1.807) is 6.26 Å². The van der Waals surface area contributed by atoms with Crippen molar-refractivity contribution in [1.29, 1.82) is 0 Å². The minimum atomic E-state index is -2.82. The molecular weight excluding hydrogens is 295 g/mol. The molecule has 1 unspecified atom stereocenters. The lowest BCUT2D eigenvalue weighted by atomic mass is 10.4. The van der Waals surface area contributed by atoms with E-state index in [1.165, 1.54) is 10.8 Å². The molecule has 0 aliphatic rings. The molecule has 1 atom stereocenters. The molecule has 0 radical (unpaired) electrons. The van der Waals surface area contributed by atoms with Crippen LogP contribution in [0.5, 0.6) is 0 Å². The van der Waals surface area contributed by atoms with Gasteiger partial charge in [0.1, 0.15) is 0 Å². The summed E-state index contributed by atoms with van der Waals surface area (Å²) >= 11 is 0. The van der Waals surface area contributed by atoms with E-state index in [0.29, 0.717) is 0 Å². The van der Waals surface area contributed by atoms with Gasteiger partial charge in [0.2, 0.25) is 0 Å². The monoisotopic (exact) mass is 310 g/mol. The summed E-state index contributed by atoms with van der Waals surface area (Å²) in [5.41, 5.74) is 0.183. The number of rotatable bonds is 5. The van der Waals surface area contributed by atoms with E-state index in [9.17, 15) is 8.77 Å². The van der Waals surface area contributed by atoms with Crippen molar-refractivity contribution in [1.82, 2.24) is 0 Å². The lowest BCUT2D eigenvalue weighted by Crippen LogP contribution is -2.19. The highest BCUT2D eigenvalue weighted by molar-refractivity contribution is 8.69. The molecule has 2 rings (SSSR count). The molecule has 5 heteroatoms. The highest BCUT2D eigenvalue weighted by Gasteiger charge is 2.29. The third-order valence-corrected chi connectivity index (χ3v) is 9.82. The molecule has 2 aromatic carbocycles. The third-order valence-electron chi connectivity index (χ3n) is 2.82. The van der Waals surface area contributed by atoms with Crippen LogP contribution in [0.2, 0.25) is 0 Å². The third kappa shape index (κ3) is 3.38. The first kappa shape index (κ1) is 14.6. The Morgan fingerprint density at radius 3 is 1.74 bits per heavy atom. The normalized spacial score (nSPS) is 13.1. The van der Waals surface area contributed by atoms with Crippen LogP contribution < -0.4 is 10.6 Å². The zero-order valence-corrected chi connectivity index (χ0v) is 13.1. The standard InChI is InChI=1S/C14H15O2PS2/c1-18-19(16)12-17(15,13-8-4-2-5-9-13)14-10-6-3-7-11-14/h2-11H,12H2,1H3. The summed E-state index contributed by atoms with van der Waals surface area (Å²) in [6.07, 6.45) is 1.77. The van der Waals surface area contributed by atoms with Gasteiger partial charge in [-0.05, 0) is 6.26 Å². The summed E-state index contributed by atoms with van der Waals surface area (Å²) in [6.45, 7) is 0. The van der Waals surface area contributed by atoms with Crippen LogP contribution >= 0.6 is 17.9 Å². The molecule has 0 spiro atoms. The Balaban J connectivity index is 2.51.